The molecular formula is C17H21N3O3S2. The van der Waals surface area contributed by atoms with E-state index in [1.54, 1.807) is 0 Å². The molecule has 0 bridgehead atoms. The molecule has 25 heavy (non-hydrogen) atoms. The minimum Gasteiger partial charge on any atom is -0.309 e. The fourth-order valence-electron chi connectivity index (χ4n) is 2.95. The second-order valence-electron chi connectivity index (χ2n) is 6.26. The molecule has 0 saturated carbocycles. The number of hydrogen-bond donors (Lipinski definition) is 0. The zero-order valence-corrected chi connectivity index (χ0v) is 15.9. The number of aromatic nitrogens is 3. The molecule has 0 amide bonds. The lowest BCUT2D eigenvalue weighted by Gasteiger charge is -2.08. The zero-order chi connectivity index (χ0) is 18.0. The Hall–Kier alpha value is -1.67. The van der Waals surface area contributed by atoms with E-state index in [1.807, 2.05) is 35.9 Å². The Morgan fingerprint density at radius 2 is 2.00 bits per heavy atom. The second kappa shape index (κ2) is 7.29. The monoisotopic (exact) mass is 379 g/mol. The Labute approximate surface area is 152 Å². The summed E-state index contributed by atoms with van der Waals surface area (Å²) in [6, 6.07) is 7.65. The summed E-state index contributed by atoms with van der Waals surface area (Å²) in [6.07, 6.45) is 1.53. The highest BCUT2D eigenvalue weighted by Crippen LogP contribution is 2.29. The largest absolute Gasteiger partial charge is 0.309 e. The van der Waals surface area contributed by atoms with Gasteiger partial charge in [-0.1, -0.05) is 43.0 Å². The number of aryl methyl sites for hydroxylation is 1. The van der Waals surface area contributed by atoms with E-state index in [0.29, 0.717) is 23.0 Å². The van der Waals surface area contributed by atoms with E-state index in [1.165, 1.54) is 17.3 Å². The van der Waals surface area contributed by atoms with Gasteiger partial charge in [0, 0.05) is 18.5 Å². The molecular weight excluding hydrogens is 358 g/mol. The van der Waals surface area contributed by atoms with Crippen LogP contribution in [0.1, 0.15) is 41.0 Å². The Morgan fingerprint density at radius 1 is 1.28 bits per heavy atom. The van der Waals surface area contributed by atoms with E-state index in [0.717, 1.165) is 6.42 Å². The van der Waals surface area contributed by atoms with Gasteiger partial charge in [0.25, 0.3) is 0 Å². The summed E-state index contributed by atoms with van der Waals surface area (Å²) in [5.74, 6) is 1.24. The van der Waals surface area contributed by atoms with Gasteiger partial charge in [0.05, 0.1) is 17.3 Å². The van der Waals surface area contributed by atoms with Gasteiger partial charge in [-0.15, -0.1) is 10.2 Å². The second-order valence-corrected chi connectivity index (χ2v) is 9.43. The van der Waals surface area contributed by atoms with Crippen LogP contribution in [0.4, 0.5) is 0 Å². The van der Waals surface area contributed by atoms with Crippen molar-refractivity contribution in [1.29, 1.82) is 0 Å². The molecule has 0 spiro atoms. The Morgan fingerprint density at radius 3 is 2.60 bits per heavy atom. The van der Waals surface area contributed by atoms with Crippen LogP contribution in [-0.2, 0) is 23.3 Å². The average Bonchev–Trinajstić information content (AvgIpc) is 3.14. The summed E-state index contributed by atoms with van der Waals surface area (Å²) >= 11 is 1.33. The molecule has 1 aromatic heterocycles. The molecule has 1 aliphatic heterocycles. The zero-order valence-electron chi connectivity index (χ0n) is 14.3. The summed E-state index contributed by atoms with van der Waals surface area (Å²) in [4.78, 5) is 12.3. The van der Waals surface area contributed by atoms with Crippen molar-refractivity contribution < 1.29 is 13.2 Å². The fraction of sp³-hybridized carbons (Fsp3) is 0.471. The van der Waals surface area contributed by atoms with Crippen LogP contribution >= 0.6 is 11.8 Å². The molecule has 2 aromatic rings. The van der Waals surface area contributed by atoms with Crippen LogP contribution in [0.25, 0.3) is 0 Å². The maximum Gasteiger partial charge on any atom is 0.191 e. The van der Waals surface area contributed by atoms with Crippen molar-refractivity contribution in [3.63, 3.8) is 0 Å². The van der Waals surface area contributed by atoms with Crippen molar-refractivity contribution in [3.8, 4) is 0 Å². The van der Waals surface area contributed by atoms with Crippen LogP contribution in [0.15, 0.2) is 29.4 Å². The van der Waals surface area contributed by atoms with Crippen LogP contribution < -0.4 is 0 Å². The van der Waals surface area contributed by atoms with Gasteiger partial charge in [-0.05, 0) is 18.4 Å². The molecule has 0 aliphatic carbocycles. The van der Waals surface area contributed by atoms with Gasteiger partial charge in [0.2, 0.25) is 0 Å². The summed E-state index contributed by atoms with van der Waals surface area (Å²) in [5, 5.41) is 8.92. The van der Waals surface area contributed by atoms with E-state index in [4.69, 9.17) is 0 Å². The molecule has 8 heteroatoms. The van der Waals surface area contributed by atoms with Gasteiger partial charge in [0.1, 0.15) is 5.82 Å². The predicted octanol–water partition coefficient (Wildman–Crippen LogP) is 2.25. The molecule has 2 heterocycles. The van der Waals surface area contributed by atoms with E-state index in [9.17, 15) is 13.2 Å². The van der Waals surface area contributed by atoms with Crippen LogP contribution in [0.2, 0.25) is 0 Å². The average molecular weight is 380 g/mol. The van der Waals surface area contributed by atoms with Crippen LogP contribution in [0.5, 0.6) is 0 Å². The lowest BCUT2D eigenvalue weighted by molar-refractivity contribution is 0.102. The minimum atomic E-state index is -2.96. The van der Waals surface area contributed by atoms with E-state index >= 15 is 0 Å². The maximum atomic E-state index is 12.3. The molecule has 0 N–H and O–H groups in total. The van der Waals surface area contributed by atoms with Gasteiger partial charge in [-0.3, -0.25) is 4.79 Å². The third-order valence-electron chi connectivity index (χ3n) is 4.48. The van der Waals surface area contributed by atoms with E-state index in [-0.39, 0.29) is 29.0 Å². The molecule has 1 saturated heterocycles. The van der Waals surface area contributed by atoms with Crippen LogP contribution in [0, 0.1) is 0 Å². The van der Waals surface area contributed by atoms with E-state index in [2.05, 4.69) is 17.1 Å². The first-order valence-electron chi connectivity index (χ1n) is 8.24. The van der Waals surface area contributed by atoms with Gasteiger partial charge >= 0.3 is 0 Å². The topological polar surface area (TPSA) is 81.9 Å². The van der Waals surface area contributed by atoms with Crippen LogP contribution in [0.3, 0.4) is 0 Å². The molecule has 0 unspecified atom stereocenters. The maximum absolute atomic E-state index is 12.3. The third kappa shape index (κ3) is 4.12. The standard InChI is InChI=1S/C17H21N3O3S2/c1-3-12-4-6-13(7-5-12)15(21)10-24-17-19-18-16(20(17)2)14-8-9-25(22,23)11-14/h4-7,14H,3,8-11H2,1-2H3/t14-/m0/s1. The summed E-state index contributed by atoms with van der Waals surface area (Å²) in [5.41, 5.74) is 1.89. The fourth-order valence-corrected chi connectivity index (χ4v) is 5.50. The van der Waals surface area contributed by atoms with Crippen molar-refractivity contribution in [2.24, 2.45) is 7.05 Å². The number of rotatable bonds is 6. The quantitative estimate of drug-likeness (QED) is 0.566. The van der Waals surface area contributed by atoms with Gasteiger partial charge < -0.3 is 4.57 Å². The number of benzene rings is 1. The summed E-state index contributed by atoms with van der Waals surface area (Å²) in [6.45, 7) is 2.08. The van der Waals surface area contributed by atoms with Crippen molar-refractivity contribution >= 4 is 27.4 Å². The number of thioether (sulfide) groups is 1. The van der Waals surface area contributed by atoms with E-state index < -0.39 is 9.84 Å². The Balaban J connectivity index is 1.64. The summed E-state index contributed by atoms with van der Waals surface area (Å²) in [7, 11) is -1.14. The molecule has 3 rings (SSSR count). The molecule has 1 aromatic carbocycles. The first-order valence-corrected chi connectivity index (χ1v) is 11.0. The van der Waals surface area contributed by atoms with Crippen molar-refractivity contribution in [3.05, 3.63) is 41.2 Å². The molecule has 0 radical (unpaired) electrons. The highest BCUT2D eigenvalue weighted by Gasteiger charge is 2.32. The normalized spacial score (nSPS) is 19.2. The third-order valence-corrected chi connectivity index (χ3v) is 7.27. The van der Waals surface area contributed by atoms with Crippen molar-refractivity contribution in [2.75, 3.05) is 17.3 Å². The minimum absolute atomic E-state index is 0.0423. The lowest BCUT2D eigenvalue weighted by atomic mass is 10.1. The van der Waals surface area contributed by atoms with Crippen LogP contribution in [-0.4, -0.2) is 46.2 Å². The molecule has 1 atom stereocenters. The van der Waals surface area contributed by atoms with Gasteiger partial charge in [-0.2, -0.15) is 0 Å². The number of ketones is 1. The smallest absolute Gasteiger partial charge is 0.191 e. The summed E-state index contributed by atoms with van der Waals surface area (Å²) < 4.78 is 25.1. The SMILES string of the molecule is CCc1ccc(C(=O)CSc2nnc([C@H]3CCS(=O)(=O)C3)n2C)cc1. The van der Waals surface area contributed by atoms with Crippen molar-refractivity contribution in [2.45, 2.75) is 30.8 Å². The van der Waals surface area contributed by atoms with Gasteiger partial charge in [0.15, 0.2) is 20.8 Å². The van der Waals surface area contributed by atoms with Crippen molar-refractivity contribution in [1.82, 2.24) is 14.8 Å². The number of sulfone groups is 1. The Kier molecular flexibility index (Phi) is 5.29. The number of carbonyl (C=O) groups is 1. The molecule has 6 nitrogen and oxygen atoms in total. The number of carbonyl (C=O) groups excluding carboxylic acids is 1. The molecule has 134 valence electrons. The molecule has 1 aliphatic rings. The number of Topliss-reactive ketones (excluding diaryl/α,β-unsaturated/α-hetero) is 1. The molecule has 1 fully saturated rings. The highest BCUT2D eigenvalue weighted by molar-refractivity contribution is 7.99. The number of hydrogen-bond acceptors (Lipinski definition) is 6. The first-order chi connectivity index (χ1) is 11.9. The first kappa shape index (κ1) is 18.1. The number of nitrogens with zero attached hydrogens (tertiary/aromatic N) is 3. The predicted molar refractivity (Wildman–Crippen MR) is 97.9 cm³/mol. The Bertz CT molecular complexity index is 873. The highest BCUT2D eigenvalue weighted by atomic mass is 32.2. The lowest BCUT2D eigenvalue weighted by Crippen LogP contribution is -2.09. The van der Waals surface area contributed by atoms with Gasteiger partial charge in [-0.25, -0.2) is 8.42 Å².